The summed E-state index contributed by atoms with van der Waals surface area (Å²) < 4.78 is 0. The van der Waals surface area contributed by atoms with Gasteiger partial charge >= 0.3 is 0 Å². The largest absolute Gasteiger partial charge is 0.392 e. The molecule has 1 unspecified atom stereocenters. The van der Waals surface area contributed by atoms with Crippen molar-refractivity contribution in [2.45, 2.75) is 18.6 Å². The van der Waals surface area contributed by atoms with Gasteiger partial charge < -0.3 is 10.0 Å². The van der Waals surface area contributed by atoms with Crippen molar-refractivity contribution in [3.05, 3.63) is 0 Å². The van der Waals surface area contributed by atoms with Crippen molar-refractivity contribution < 1.29 is 5.11 Å². The number of aliphatic hydroxyl groups excluding tert-OH is 1. The summed E-state index contributed by atoms with van der Waals surface area (Å²) in [4.78, 5) is 4.75. The van der Waals surface area contributed by atoms with E-state index in [0.717, 1.165) is 32.6 Å². The Hall–Kier alpha value is -0.120. The first-order valence-corrected chi connectivity index (χ1v) is 4.36. The molecule has 0 aromatic carbocycles. The average Bonchev–Trinajstić information content (AvgIpc) is 2.27. The minimum absolute atomic E-state index is 0.0634. The maximum absolute atomic E-state index is 9.39. The van der Waals surface area contributed by atoms with Gasteiger partial charge in [0.05, 0.1) is 6.10 Å². The minimum Gasteiger partial charge on any atom is -0.392 e. The Morgan fingerprint density at radius 1 is 1.27 bits per heavy atom. The second-order valence-electron chi connectivity index (χ2n) is 3.80. The van der Waals surface area contributed by atoms with Crippen LogP contribution in [0.25, 0.3) is 0 Å². The lowest BCUT2D eigenvalue weighted by atomic mass is 10.1. The Balaban J connectivity index is 1.97. The fourth-order valence-electron chi connectivity index (χ4n) is 2.17. The molecule has 2 heterocycles. The van der Waals surface area contributed by atoms with Crippen LogP contribution in [0, 0.1) is 0 Å². The Morgan fingerprint density at radius 3 is 2.91 bits per heavy atom. The highest BCUT2D eigenvalue weighted by molar-refractivity contribution is 4.89. The van der Waals surface area contributed by atoms with Crippen LogP contribution >= 0.6 is 0 Å². The first kappa shape index (κ1) is 7.53. The summed E-state index contributed by atoms with van der Waals surface area (Å²) in [5, 5.41) is 9.39. The zero-order valence-corrected chi connectivity index (χ0v) is 7.03. The van der Waals surface area contributed by atoms with Gasteiger partial charge in [0.1, 0.15) is 0 Å². The van der Waals surface area contributed by atoms with Gasteiger partial charge in [-0.2, -0.15) is 0 Å². The van der Waals surface area contributed by atoms with Gasteiger partial charge in [-0.1, -0.05) is 0 Å². The molecule has 3 nitrogen and oxygen atoms in total. The number of fused-ring (bicyclic) bond motifs is 1. The van der Waals surface area contributed by atoms with E-state index in [1.54, 1.807) is 0 Å². The first-order chi connectivity index (χ1) is 5.25. The van der Waals surface area contributed by atoms with Crippen molar-refractivity contribution in [2.24, 2.45) is 0 Å². The molecule has 2 fully saturated rings. The van der Waals surface area contributed by atoms with E-state index in [4.69, 9.17) is 0 Å². The molecule has 0 aliphatic carbocycles. The number of nitrogens with zero attached hydrogens (tertiary/aromatic N) is 2. The fourth-order valence-corrected chi connectivity index (χ4v) is 2.17. The summed E-state index contributed by atoms with van der Waals surface area (Å²) in [5.74, 6) is 0. The van der Waals surface area contributed by atoms with Crippen LogP contribution in [0.3, 0.4) is 0 Å². The van der Waals surface area contributed by atoms with Gasteiger partial charge in [0.2, 0.25) is 0 Å². The molecule has 0 spiro atoms. The summed E-state index contributed by atoms with van der Waals surface area (Å²) in [5.41, 5.74) is 0. The Morgan fingerprint density at radius 2 is 2.09 bits per heavy atom. The van der Waals surface area contributed by atoms with E-state index in [1.165, 1.54) is 0 Å². The van der Waals surface area contributed by atoms with Crippen LogP contribution in [0.1, 0.15) is 6.42 Å². The van der Waals surface area contributed by atoms with Crippen molar-refractivity contribution in [1.29, 1.82) is 0 Å². The summed E-state index contributed by atoms with van der Waals surface area (Å²) in [6.07, 6.45) is 0.913. The number of likely N-dealkylation sites (N-methyl/N-ethyl adjacent to an activating group) is 1. The van der Waals surface area contributed by atoms with Gasteiger partial charge in [0.25, 0.3) is 0 Å². The Kier molecular flexibility index (Phi) is 1.87. The van der Waals surface area contributed by atoms with Gasteiger partial charge in [-0.3, -0.25) is 4.90 Å². The first-order valence-electron chi connectivity index (χ1n) is 4.36. The molecular weight excluding hydrogens is 140 g/mol. The fraction of sp³-hybridized carbons (Fsp3) is 1.00. The van der Waals surface area contributed by atoms with Crippen molar-refractivity contribution in [1.82, 2.24) is 9.80 Å². The summed E-state index contributed by atoms with van der Waals surface area (Å²) >= 11 is 0. The summed E-state index contributed by atoms with van der Waals surface area (Å²) in [6.45, 7) is 4.33. The number of rotatable bonds is 0. The van der Waals surface area contributed by atoms with Crippen LogP contribution in [0.5, 0.6) is 0 Å². The van der Waals surface area contributed by atoms with E-state index in [1.807, 2.05) is 0 Å². The van der Waals surface area contributed by atoms with Gasteiger partial charge in [-0.05, 0) is 13.5 Å². The molecule has 0 bridgehead atoms. The van der Waals surface area contributed by atoms with Crippen LogP contribution in [-0.4, -0.2) is 60.3 Å². The number of piperazine rings is 1. The van der Waals surface area contributed by atoms with E-state index in [9.17, 15) is 5.11 Å². The maximum atomic E-state index is 9.39. The number of hydrogen-bond donors (Lipinski definition) is 1. The molecule has 0 aromatic rings. The molecule has 2 saturated heterocycles. The molecule has 2 aliphatic heterocycles. The van der Waals surface area contributed by atoms with Gasteiger partial charge in [-0.15, -0.1) is 0 Å². The predicted octanol–water partition coefficient (Wildman–Crippen LogP) is -0.633. The zero-order valence-electron chi connectivity index (χ0n) is 7.03. The van der Waals surface area contributed by atoms with Crippen molar-refractivity contribution >= 4 is 0 Å². The molecule has 3 heteroatoms. The van der Waals surface area contributed by atoms with E-state index in [-0.39, 0.29) is 6.10 Å². The third-order valence-corrected chi connectivity index (χ3v) is 2.80. The quantitative estimate of drug-likeness (QED) is 0.506. The van der Waals surface area contributed by atoms with Gasteiger partial charge in [-0.25, -0.2) is 0 Å². The van der Waals surface area contributed by atoms with E-state index >= 15 is 0 Å². The van der Waals surface area contributed by atoms with Crippen LogP contribution in [0.4, 0.5) is 0 Å². The average molecular weight is 156 g/mol. The minimum atomic E-state index is -0.0634. The smallest absolute Gasteiger partial charge is 0.0682 e. The van der Waals surface area contributed by atoms with Crippen molar-refractivity contribution in [2.75, 3.05) is 33.2 Å². The molecule has 2 atom stereocenters. The van der Waals surface area contributed by atoms with Gasteiger partial charge in [0, 0.05) is 32.2 Å². The van der Waals surface area contributed by atoms with Crippen LogP contribution in [0.2, 0.25) is 0 Å². The topological polar surface area (TPSA) is 26.7 Å². The highest BCUT2D eigenvalue weighted by atomic mass is 16.3. The second-order valence-corrected chi connectivity index (χ2v) is 3.80. The number of hydrogen-bond acceptors (Lipinski definition) is 3. The van der Waals surface area contributed by atoms with E-state index in [0.29, 0.717) is 6.04 Å². The molecule has 0 aromatic heterocycles. The Labute approximate surface area is 67.6 Å². The summed E-state index contributed by atoms with van der Waals surface area (Å²) in [6, 6.07) is 0.628. The zero-order chi connectivity index (χ0) is 7.84. The molecule has 1 N–H and O–H groups in total. The number of aliphatic hydroxyl groups is 1. The second kappa shape index (κ2) is 2.73. The van der Waals surface area contributed by atoms with Gasteiger partial charge in [0.15, 0.2) is 0 Å². The molecule has 2 rings (SSSR count). The molecule has 0 amide bonds. The molecule has 11 heavy (non-hydrogen) atoms. The van der Waals surface area contributed by atoms with Crippen molar-refractivity contribution in [3.63, 3.8) is 0 Å². The standard InChI is InChI=1S/C8H16N2O/c1-9-2-3-10-6-8(11)4-7(10)5-9/h7-8,11H,2-6H2,1H3/t7-,8?/m0/s1. The molecular formula is C8H16N2O. The van der Waals surface area contributed by atoms with Crippen LogP contribution in [0.15, 0.2) is 0 Å². The van der Waals surface area contributed by atoms with Crippen LogP contribution < -0.4 is 0 Å². The third-order valence-electron chi connectivity index (χ3n) is 2.80. The van der Waals surface area contributed by atoms with E-state index < -0.39 is 0 Å². The lowest BCUT2D eigenvalue weighted by molar-refractivity contribution is 0.120. The molecule has 64 valence electrons. The monoisotopic (exact) mass is 156 g/mol. The van der Waals surface area contributed by atoms with Crippen LogP contribution in [-0.2, 0) is 0 Å². The third kappa shape index (κ3) is 1.41. The summed E-state index contributed by atoms with van der Waals surface area (Å²) in [7, 11) is 2.15. The van der Waals surface area contributed by atoms with Crippen molar-refractivity contribution in [3.8, 4) is 0 Å². The molecule has 0 radical (unpaired) electrons. The lowest BCUT2D eigenvalue weighted by Gasteiger charge is -2.34. The van der Waals surface area contributed by atoms with E-state index in [2.05, 4.69) is 16.8 Å². The predicted molar refractivity (Wildman–Crippen MR) is 43.5 cm³/mol. The maximum Gasteiger partial charge on any atom is 0.0682 e. The Bertz CT molecular complexity index is 151. The SMILES string of the molecule is CN1CCN2CC(O)C[C@H]2C1. The molecule has 2 aliphatic rings. The normalized spacial score (nSPS) is 40.9. The molecule has 0 saturated carbocycles. The highest BCUT2D eigenvalue weighted by Gasteiger charge is 2.33. The lowest BCUT2D eigenvalue weighted by Crippen LogP contribution is -2.48. The highest BCUT2D eigenvalue weighted by Crippen LogP contribution is 2.20.